The van der Waals surface area contributed by atoms with E-state index in [0.29, 0.717) is 5.96 Å². The zero-order valence-electron chi connectivity index (χ0n) is 7.71. The van der Waals surface area contributed by atoms with Crippen LogP contribution in [-0.4, -0.2) is 43.6 Å². The SMILES string of the molecule is CCCN=C(N)N1CCNCC1. The summed E-state index contributed by atoms with van der Waals surface area (Å²) in [6, 6.07) is 0. The molecule has 12 heavy (non-hydrogen) atoms. The van der Waals surface area contributed by atoms with E-state index in [9.17, 15) is 0 Å². The molecule has 1 rings (SSSR count). The van der Waals surface area contributed by atoms with Crippen molar-refractivity contribution in [3.63, 3.8) is 0 Å². The largest absolute Gasteiger partial charge is 0.370 e. The number of piperazine rings is 1. The van der Waals surface area contributed by atoms with Crippen LogP contribution in [0.5, 0.6) is 0 Å². The molecular formula is C8H18N4. The van der Waals surface area contributed by atoms with Crippen LogP contribution < -0.4 is 11.1 Å². The van der Waals surface area contributed by atoms with Gasteiger partial charge in [-0.25, -0.2) is 0 Å². The summed E-state index contributed by atoms with van der Waals surface area (Å²) in [7, 11) is 0. The highest BCUT2D eigenvalue weighted by molar-refractivity contribution is 5.78. The molecule has 0 atom stereocenters. The van der Waals surface area contributed by atoms with Gasteiger partial charge in [-0.1, -0.05) is 6.92 Å². The first-order valence-electron chi connectivity index (χ1n) is 4.60. The fourth-order valence-electron chi connectivity index (χ4n) is 1.22. The Hall–Kier alpha value is -0.770. The Kier molecular flexibility index (Phi) is 3.87. The molecule has 1 aliphatic rings. The molecule has 0 aromatic rings. The summed E-state index contributed by atoms with van der Waals surface area (Å²) in [5.74, 6) is 0.707. The number of nitrogens with one attached hydrogen (secondary N) is 1. The minimum Gasteiger partial charge on any atom is -0.370 e. The topological polar surface area (TPSA) is 53.6 Å². The molecule has 1 aliphatic heterocycles. The lowest BCUT2D eigenvalue weighted by Gasteiger charge is -2.28. The molecule has 4 heteroatoms. The van der Waals surface area contributed by atoms with E-state index in [4.69, 9.17) is 5.73 Å². The molecule has 3 N–H and O–H groups in total. The van der Waals surface area contributed by atoms with Crippen LogP contribution >= 0.6 is 0 Å². The number of nitrogens with zero attached hydrogens (tertiary/aromatic N) is 2. The first kappa shape index (κ1) is 9.32. The van der Waals surface area contributed by atoms with Crippen molar-refractivity contribution >= 4 is 5.96 Å². The third kappa shape index (κ3) is 2.70. The number of hydrogen-bond donors (Lipinski definition) is 2. The van der Waals surface area contributed by atoms with Crippen LogP contribution in [-0.2, 0) is 0 Å². The first-order chi connectivity index (χ1) is 5.84. The van der Waals surface area contributed by atoms with Gasteiger partial charge in [0, 0.05) is 32.7 Å². The van der Waals surface area contributed by atoms with E-state index in [1.165, 1.54) is 0 Å². The number of guanidine groups is 1. The van der Waals surface area contributed by atoms with Gasteiger partial charge in [-0.3, -0.25) is 4.99 Å². The van der Waals surface area contributed by atoms with Gasteiger partial charge in [0.15, 0.2) is 5.96 Å². The maximum Gasteiger partial charge on any atom is 0.191 e. The quantitative estimate of drug-likeness (QED) is 0.438. The number of hydrogen-bond acceptors (Lipinski definition) is 2. The molecule has 0 aliphatic carbocycles. The predicted octanol–water partition coefficient (Wildman–Crippen LogP) is -0.384. The second kappa shape index (κ2) is 4.98. The maximum absolute atomic E-state index is 5.78. The molecule has 1 saturated heterocycles. The molecule has 0 radical (unpaired) electrons. The van der Waals surface area contributed by atoms with E-state index in [0.717, 1.165) is 39.1 Å². The predicted molar refractivity (Wildman–Crippen MR) is 51.2 cm³/mol. The lowest BCUT2D eigenvalue weighted by Crippen LogP contribution is -2.49. The van der Waals surface area contributed by atoms with Crippen LogP contribution in [0.15, 0.2) is 4.99 Å². The zero-order valence-corrected chi connectivity index (χ0v) is 7.71. The summed E-state index contributed by atoms with van der Waals surface area (Å²) >= 11 is 0. The van der Waals surface area contributed by atoms with Crippen molar-refractivity contribution < 1.29 is 0 Å². The standard InChI is InChI=1S/C8H18N4/c1-2-3-11-8(9)12-6-4-10-5-7-12/h10H,2-7H2,1H3,(H2,9,11). The molecule has 0 aromatic carbocycles. The summed E-state index contributed by atoms with van der Waals surface area (Å²) in [5, 5.41) is 3.27. The minimum atomic E-state index is 0.707. The molecule has 70 valence electrons. The zero-order chi connectivity index (χ0) is 8.81. The van der Waals surface area contributed by atoms with Crippen molar-refractivity contribution in [3.05, 3.63) is 0 Å². The van der Waals surface area contributed by atoms with Crippen LogP contribution in [0.1, 0.15) is 13.3 Å². The van der Waals surface area contributed by atoms with Crippen molar-refractivity contribution in [3.8, 4) is 0 Å². The average molecular weight is 170 g/mol. The van der Waals surface area contributed by atoms with Crippen LogP contribution in [0.2, 0.25) is 0 Å². The van der Waals surface area contributed by atoms with Gasteiger partial charge in [-0.15, -0.1) is 0 Å². The van der Waals surface area contributed by atoms with Gasteiger partial charge >= 0.3 is 0 Å². The maximum atomic E-state index is 5.78. The van der Waals surface area contributed by atoms with E-state index < -0.39 is 0 Å². The Bertz CT molecular complexity index is 149. The summed E-state index contributed by atoms with van der Waals surface area (Å²) in [6.45, 7) is 6.95. The van der Waals surface area contributed by atoms with Crippen molar-refractivity contribution in [1.29, 1.82) is 0 Å². The van der Waals surface area contributed by atoms with Gasteiger partial charge < -0.3 is 16.0 Å². The Morgan fingerprint density at radius 3 is 2.75 bits per heavy atom. The Balaban J connectivity index is 2.33. The summed E-state index contributed by atoms with van der Waals surface area (Å²) < 4.78 is 0. The highest BCUT2D eigenvalue weighted by Gasteiger charge is 2.10. The lowest BCUT2D eigenvalue weighted by atomic mass is 10.4. The van der Waals surface area contributed by atoms with E-state index >= 15 is 0 Å². The van der Waals surface area contributed by atoms with Crippen molar-refractivity contribution in [2.75, 3.05) is 32.7 Å². The van der Waals surface area contributed by atoms with Crippen molar-refractivity contribution in [1.82, 2.24) is 10.2 Å². The summed E-state index contributed by atoms with van der Waals surface area (Å²) in [6.07, 6.45) is 1.06. The van der Waals surface area contributed by atoms with Gasteiger partial charge in [-0.2, -0.15) is 0 Å². The summed E-state index contributed by atoms with van der Waals surface area (Å²) in [4.78, 5) is 6.39. The van der Waals surface area contributed by atoms with Gasteiger partial charge in [0.1, 0.15) is 0 Å². The van der Waals surface area contributed by atoms with Gasteiger partial charge in [0.25, 0.3) is 0 Å². The van der Waals surface area contributed by atoms with Gasteiger partial charge in [-0.05, 0) is 6.42 Å². The van der Waals surface area contributed by atoms with Gasteiger partial charge in [0.2, 0.25) is 0 Å². The fourth-order valence-corrected chi connectivity index (χ4v) is 1.22. The van der Waals surface area contributed by atoms with E-state index in [1.54, 1.807) is 0 Å². The highest BCUT2D eigenvalue weighted by atomic mass is 15.3. The number of aliphatic imine (C=N–C) groups is 1. The van der Waals surface area contributed by atoms with Crippen LogP contribution in [0, 0.1) is 0 Å². The van der Waals surface area contributed by atoms with Crippen molar-refractivity contribution in [2.45, 2.75) is 13.3 Å². The molecule has 0 unspecified atom stereocenters. The molecule has 0 bridgehead atoms. The average Bonchev–Trinajstić information content (AvgIpc) is 2.15. The second-order valence-electron chi connectivity index (χ2n) is 2.98. The molecule has 0 spiro atoms. The fraction of sp³-hybridized carbons (Fsp3) is 0.875. The molecule has 0 saturated carbocycles. The Morgan fingerprint density at radius 1 is 1.50 bits per heavy atom. The minimum absolute atomic E-state index is 0.707. The monoisotopic (exact) mass is 170 g/mol. The lowest BCUT2D eigenvalue weighted by molar-refractivity contribution is 0.353. The number of rotatable bonds is 2. The normalized spacial score (nSPS) is 19.8. The third-order valence-electron chi connectivity index (χ3n) is 1.94. The molecule has 0 aromatic heterocycles. The second-order valence-corrected chi connectivity index (χ2v) is 2.98. The van der Waals surface area contributed by atoms with E-state index in [2.05, 4.69) is 22.1 Å². The first-order valence-corrected chi connectivity index (χ1v) is 4.60. The molecule has 1 fully saturated rings. The molecule has 1 heterocycles. The van der Waals surface area contributed by atoms with Gasteiger partial charge in [0.05, 0.1) is 0 Å². The van der Waals surface area contributed by atoms with Crippen LogP contribution in [0.4, 0.5) is 0 Å². The Morgan fingerprint density at radius 2 is 2.17 bits per heavy atom. The van der Waals surface area contributed by atoms with Crippen LogP contribution in [0.3, 0.4) is 0 Å². The van der Waals surface area contributed by atoms with Crippen LogP contribution in [0.25, 0.3) is 0 Å². The number of nitrogens with two attached hydrogens (primary N) is 1. The van der Waals surface area contributed by atoms with E-state index in [1.807, 2.05) is 0 Å². The smallest absolute Gasteiger partial charge is 0.191 e. The third-order valence-corrected chi connectivity index (χ3v) is 1.94. The van der Waals surface area contributed by atoms with Crippen molar-refractivity contribution in [2.24, 2.45) is 10.7 Å². The molecule has 4 nitrogen and oxygen atoms in total. The molecular weight excluding hydrogens is 152 g/mol. The van der Waals surface area contributed by atoms with E-state index in [-0.39, 0.29) is 0 Å². The summed E-state index contributed by atoms with van der Waals surface area (Å²) in [5.41, 5.74) is 5.78. The highest BCUT2D eigenvalue weighted by Crippen LogP contribution is 1.91. The molecule has 0 amide bonds. The Labute approximate surface area is 73.8 Å².